The number of urea groups is 1. The number of aryl methyl sites for hydroxylation is 1. The number of rotatable bonds is 2. The molecule has 6 nitrogen and oxygen atoms in total. The van der Waals surface area contributed by atoms with E-state index in [2.05, 4.69) is 26.2 Å². The third-order valence-electron chi connectivity index (χ3n) is 4.56. The Bertz CT molecular complexity index is 989. The highest BCUT2D eigenvalue weighted by Crippen LogP contribution is 2.29. The molecule has 4 rings (SSSR count). The van der Waals surface area contributed by atoms with Crippen molar-refractivity contribution in [2.45, 2.75) is 19.9 Å². The number of imide groups is 1. The van der Waals surface area contributed by atoms with Crippen molar-refractivity contribution in [3.05, 3.63) is 63.6 Å². The third-order valence-corrected chi connectivity index (χ3v) is 5.18. The van der Waals surface area contributed by atoms with Gasteiger partial charge in [-0.15, -0.1) is 0 Å². The van der Waals surface area contributed by atoms with Crippen molar-refractivity contribution in [2.75, 3.05) is 6.54 Å². The summed E-state index contributed by atoms with van der Waals surface area (Å²) in [6, 6.07) is 7.23. The van der Waals surface area contributed by atoms with Crippen LogP contribution in [0, 0.1) is 6.92 Å². The van der Waals surface area contributed by atoms with Gasteiger partial charge in [0.2, 0.25) is 0 Å². The molecule has 3 amide bonds. The van der Waals surface area contributed by atoms with Gasteiger partial charge in [-0.1, -0.05) is 6.07 Å². The average Bonchev–Trinajstić information content (AvgIpc) is 3.09. The van der Waals surface area contributed by atoms with Gasteiger partial charge in [-0.25, -0.2) is 4.79 Å². The number of pyridine rings is 1. The number of carbonyl (C=O) groups is 2. The van der Waals surface area contributed by atoms with E-state index in [-0.39, 0.29) is 12.5 Å². The van der Waals surface area contributed by atoms with Gasteiger partial charge in [0.15, 0.2) is 0 Å². The van der Waals surface area contributed by atoms with E-state index in [4.69, 9.17) is 4.42 Å². The molecule has 7 heteroatoms. The van der Waals surface area contributed by atoms with Gasteiger partial charge < -0.3 is 9.73 Å². The predicted molar refractivity (Wildman–Crippen MR) is 99.9 cm³/mol. The second-order valence-electron chi connectivity index (χ2n) is 6.22. The second-order valence-corrected chi connectivity index (χ2v) is 7.07. The van der Waals surface area contributed by atoms with Crippen LogP contribution in [0.15, 0.2) is 45.5 Å². The molecule has 0 saturated heterocycles. The maximum absolute atomic E-state index is 12.5. The molecule has 0 atom stereocenters. The van der Waals surface area contributed by atoms with Crippen LogP contribution < -0.4 is 5.32 Å². The lowest BCUT2D eigenvalue weighted by Gasteiger charge is -2.26. The lowest BCUT2D eigenvalue weighted by molar-refractivity contribution is 0.0785. The van der Waals surface area contributed by atoms with Gasteiger partial charge in [-0.3, -0.25) is 14.7 Å². The minimum Gasteiger partial charge on any atom is -0.458 e. The predicted octanol–water partition coefficient (Wildman–Crippen LogP) is 3.81. The topological polar surface area (TPSA) is 75.4 Å². The monoisotopic (exact) mass is 413 g/mol. The Labute approximate surface area is 158 Å². The van der Waals surface area contributed by atoms with Crippen LogP contribution >= 0.6 is 15.9 Å². The molecule has 1 aliphatic heterocycles. The minimum atomic E-state index is -0.430. The summed E-state index contributed by atoms with van der Waals surface area (Å²) >= 11 is 3.47. The number of fused-ring (bicyclic) bond motifs is 2. The average molecular weight is 414 g/mol. The molecule has 0 bridgehead atoms. The minimum absolute atomic E-state index is 0.211. The van der Waals surface area contributed by atoms with Crippen LogP contribution in [0.25, 0.3) is 11.0 Å². The molecule has 0 aliphatic carbocycles. The van der Waals surface area contributed by atoms with Crippen LogP contribution in [-0.2, 0) is 13.0 Å². The van der Waals surface area contributed by atoms with Crippen LogP contribution in [0.1, 0.15) is 27.2 Å². The van der Waals surface area contributed by atoms with E-state index in [1.807, 2.05) is 31.2 Å². The number of hydrogen-bond acceptors (Lipinski definition) is 4. The van der Waals surface area contributed by atoms with Gasteiger partial charge >= 0.3 is 6.03 Å². The first-order valence-electron chi connectivity index (χ1n) is 8.24. The summed E-state index contributed by atoms with van der Waals surface area (Å²) in [6.07, 6.45) is 3.80. The summed E-state index contributed by atoms with van der Waals surface area (Å²) in [5.74, 6) is 0.315. The SMILES string of the molecule is Cc1ccc(Br)c2oc(CNC(=O)N3CCc4ccncc4C3=O)cc12. The summed E-state index contributed by atoms with van der Waals surface area (Å²) in [6.45, 7) is 2.57. The fourth-order valence-electron chi connectivity index (χ4n) is 3.13. The van der Waals surface area contributed by atoms with E-state index in [0.717, 1.165) is 26.6 Å². The number of nitrogens with one attached hydrogen (secondary N) is 1. The molecule has 26 heavy (non-hydrogen) atoms. The first-order chi connectivity index (χ1) is 12.5. The number of benzene rings is 1. The summed E-state index contributed by atoms with van der Waals surface area (Å²) in [5.41, 5.74) is 3.26. The number of aromatic nitrogens is 1. The van der Waals surface area contributed by atoms with Gasteiger partial charge in [0, 0.05) is 24.3 Å². The second kappa shape index (κ2) is 6.57. The van der Waals surface area contributed by atoms with E-state index >= 15 is 0 Å². The molecule has 3 aromatic rings. The van der Waals surface area contributed by atoms with Crippen molar-refractivity contribution in [3.63, 3.8) is 0 Å². The largest absolute Gasteiger partial charge is 0.458 e. The highest BCUT2D eigenvalue weighted by molar-refractivity contribution is 9.10. The van der Waals surface area contributed by atoms with Crippen LogP contribution in [-0.4, -0.2) is 28.4 Å². The molecule has 3 heterocycles. The van der Waals surface area contributed by atoms with Crippen molar-refractivity contribution in [3.8, 4) is 0 Å². The third kappa shape index (κ3) is 2.88. The van der Waals surface area contributed by atoms with E-state index in [1.54, 1.807) is 6.20 Å². The van der Waals surface area contributed by atoms with Gasteiger partial charge in [-0.05, 0) is 58.6 Å². The molecular weight excluding hydrogens is 398 g/mol. The van der Waals surface area contributed by atoms with Gasteiger partial charge in [-0.2, -0.15) is 0 Å². The van der Waals surface area contributed by atoms with Crippen LogP contribution in [0.4, 0.5) is 4.79 Å². The Balaban J connectivity index is 1.49. The number of carbonyl (C=O) groups excluding carboxylic acids is 2. The number of amides is 3. The Kier molecular flexibility index (Phi) is 4.24. The van der Waals surface area contributed by atoms with E-state index in [1.165, 1.54) is 11.1 Å². The first kappa shape index (κ1) is 16.8. The number of hydrogen-bond donors (Lipinski definition) is 1. The maximum atomic E-state index is 12.5. The van der Waals surface area contributed by atoms with Crippen LogP contribution in [0.5, 0.6) is 0 Å². The molecule has 1 N–H and O–H groups in total. The van der Waals surface area contributed by atoms with Crippen molar-refractivity contribution in [2.24, 2.45) is 0 Å². The van der Waals surface area contributed by atoms with E-state index in [9.17, 15) is 9.59 Å². The molecule has 1 aromatic carbocycles. The summed E-state index contributed by atoms with van der Waals surface area (Å²) in [7, 11) is 0. The molecule has 0 spiro atoms. The quantitative estimate of drug-likeness (QED) is 0.692. The molecule has 0 saturated carbocycles. The zero-order valence-corrected chi connectivity index (χ0v) is 15.7. The fourth-order valence-corrected chi connectivity index (χ4v) is 3.55. The van der Waals surface area contributed by atoms with Crippen molar-refractivity contribution in [1.82, 2.24) is 15.2 Å². The van der Waals surface area contributed by atoms with Crippen molar-refractivity contribution < 1.29 is 14.0 Å². The number of furan rings is 1. The van der Waals surface area contributed by atoms with E-state index < -0.39 is 6.03 Å². The number of nitrogens with zero attached hydrogens (tertiary/aromatic N) is 2. The molecule has 1 aliphatic rings. The zero-order valence-electron chi connectivity index (χ0n) is 14.1. The number of halogens is 1. The normalized spacial score (nSPS) is 13.8. The Morgan fingerprint density at radius 2 is 2.23 bits per heavy atom. The van der Waals surface area contributed by atoms with Crippen molar-refractivity contribution in [1.29, 1.82) is 0 Å². The standard InChI is InChI=1S/C19H16BrN3O3/c1-11-2-3-16(20)17-14(11)8-13(26-17)9-22-19(25)23-7-5-12-4-6-21-10-15(12)18(23)24/h2-4,6,8,10H,5,7,9H2,1H3,(H,22,25). The first-order valence-corrected chi connectivity index (χ1v) is 9.04. The molecule has 2 aromatic heterocycles. The van der Waals surface area contributed by atoms with Crippen LogP contribution in [0.3, 0.4) is 0 Å². The molecular formula is C19H16BrN3O3. The molecule has 132 valence electrons. The maximum Gasteiger partial charge on any atom is 0.324 e. The Morgan fingerprint density at radius 1 is 1.38 bits per heavy atom. The lowest BCUT2D eigenvalue weighted by Crippen LogP contribution is -2.47. The van der Waals surface area contributed by atoms with E-state index in [0.29, 0.717) is 24.3 Å². The van der Waals surface area contributed by atoms with Gasteiger partial charge in [0.05, 0.1) is 16.6 Å². The van der Waals surface area contributed by atoms with Crippen LogP contribution in [0.2, 0.25) is 0 Å². The lowest BCUT2D eigenvalue weighted by atomic mass is 10.0. The Hall–Kier alpha value is -2.67. The molecule has 0 fully saturated rings. The Morgan fingerprint density at radius 3 is 3.04 bits per heavy atom. The zero-order chi connectivity index (χ0) is 18.3. The summed E-state index contributed by atoms with van der Waals surface area (Å²) in [4.78, 5) is 30.2. The van der Waals surface area contributed by atoms with Gasteiger partial charge in [0.25, 0.3) is 5.91 Å². The highest BCUT2D eigenvalue weighted by atomic mass is 79.9. The summed E-state index contributed by atoms with van der Waals surface area (Å²) < 4.78 is 6.69. The smallest absolute Gasteiger partial charge is 0.324 e. The molecule has 0 radical (unpaired) electrons. The molecule has 0 unspecified atom stereocenters. The summed E-state index contributed by atoms with van der Waals surface area (Å²) in [5, 5.41) is 3.76. The van der Waals surface area contributed by atoms with Crippen molar-refractivity contribution >= 4 is 38.8 Å². The fraction of sp³-hybridized carbons (Fsp3) is 0.211. The highest BCUT2D eigenvalue weighted by Gasteiger charge is 2.29. The van der Waals surface area contributed by atoms with Gasteiger partial charge in [0.1, 0.15) is 11.3 Å².